The van der Waals surface area contributed by atoms with E-state index in [2.05, 4.69) is 15.2 Å². The predicted molar refractivity (Wildman–Crippen MR) is 63.6 cm³/mol. The van der Waals surface area contributed by atoms with E-state index in [4.69, 9.17) is 9.84 Å². The van der Waals surface area contributed by atoms with Gasteiger partial charge in [-0.05, 0) is 0 Å². The Balaban J connectivity index is 2.12. The van der Waals surface area contributed by atoms with Gasteiger partial charge in [0.2, 0.25) is 5.82 Å². The second kappa shape index (κ2) is 5.35. The van der Waals surface area contributed by atoms with Crippen LogP contribution in [0.25, 0.3) is 0 Å². The molecule has 2 heterocycles. The number of aryl methyl sites for hydroxylation is 1. The third kappa shape index (κ3) is 2.58. The Labute approximate surface area is 109 Å². The van der Waals surface area contributed by atoms with E-state index >= 15 is 0 Å². The van der Waals surface area contributed by atoms with E-state index in [1.165, 1.54) is 4.90 Å². The normalized spacial score (nSPS) is 22.4. The third-order valence-electron chi connectivity index (χ3n) is 3.24. The zero-order valence-corrected chi connectivity index (χ0v) is 10.8. The fourth-order valence-electron chi connectivity index (χ4n) is 2.02. The summed E-state index contributed by atoms with van der Waals surface area (Å²) >= 11 is 0. The van der Waals surface area contributed by atoms with Crippen molar-refractivity contribution >= 4 is 11.9 Å². The third-order valence-corrected chi connectivity index (χ3v) is 3.24. The van der Waals surface area contributed by atoms with Crippen LogP contribution in [0.1, 0.15) is 23.4 Å². The summed E-state index contributed by atoms with van der Waals surface area (Å²) in [5.74, 6) is -1.41. The first kappa shape index (κ1) is 13.5. The molecule has 0 aliphatic carbocycles. The maximum absolute atomic E-state index is 12.2. The fourth-order valence-corrected chi connectivity index (χ4v) is 2.02. The molecule has 2 unspecified atom stereocenters. The van der Waals surface area contributed by atoms with Crippen LogP contribution in [-0.2, 0) is 16.0 Å². The zero-order valence-electron chi connectivity index (χ0n) is 10.8. The first-order chi connectivity index (χ1) is 9.04. The highest BCUT2D eigenvalue weighted by Crippen LogP contribution is 2.20. The highest BCUT2D eigenvalue weighted by atomic mass is 16.5. The number of hydrogen-bond acceptors (Lipinski definition) is 5. The van der Waals surface area contributed by atoms with Crippen molar-refractivity contribution in [3.8, 4) is 0 Å². The molecule has 1 aromatic heterocycles. The summed E-state index contributed by atoms with van der Waals surface area (Å²) < 4.78 is 5.14. The highest BCUT2D eigenvalue weighted by molar-refractivity contribution is 5.91. The Morgan fingerprint density at radius 1 is 1.53 bits per heavy atom. The van der Waals surface area contributed by atoms with Gasteiger partial charge in [-0.25, -0.2) is 4.98 Å². The van der Waals surface area contributed by atoms with Crippen molar-refractivity contribution in [2.24, 2.45) is 5.92 Å². The van der Waals surface area contributed by atoms with Crippen molar-refractivity contribution < 1.29 is 19.4 Å². The van der Waals surface area contributed by atoms with E-state index in [1.54, 1.807) is 7.05 Å². The van der Waals surface area contributed by atoms with Crippen molar-refractivity contribution in [3.05, 3.63) is 11.6 Å². The van der Waals surface area contributed by atoms with Crippen molar-refractivity contribution in [1.29, 1.82) is 0 Å². The van der Waals surface area contributed by atoms with Crippen LogP contribution in [0.2, 0.25) is 0 Å². The molecule has 0 bridgehead atoms. The molecule has 1 amide bonds. The number of H-pyrrole nitrogens is 1. The molecular weight excluding hydrogens is 252 g/mol. The first-order valence-corrected chi connectivity index (χ1v) is 6.03. The summed E-state index contributed by atoms with van der Waals surface area (Å²) in [4.78, 5) is 28.6. The second-order valence-electron chi connectivity index (χ2n) is 4.42. The van der Waals surface area contributed by atoms with E-state index in [1.807, 2.05) is 6.92 Å². The van der Waals surface area contributed by atoms with Gasteiger partial charge in [0.1, 0.15) is 11.7 Å². The number of rotatable bonds is 4. The largest absolute Gasteiger partial charge is 0.481 e. The standard InChI is InChI=1S/C11H16N4O4/c1-3-8-12-9(14-13-8)10(16)15(2)7-5-19-4-6(7)11(17)18/h6-7H,3-5H2,1-2H3,(H,17,18)(H,12,13,14). The number of aliphatic carboxylic acids is 1. The number of carboxylic acids is 1. The highest BCUT2D eigenvalue weighted by Gasteiger charge is 2.39. The van der Waals surface area contributed by atoms with E-state index < -0.39 is 23.8 Å². The van der Waals surface area contributed by atoms with Crippen LogP contribution in [0, 0.1) is 5.92 Å². The molecule has 2 atom stereocenters. The number of nitrogens with one attached hydrogen (secondary N) is 1. The minimum absolute atomic E-state index is 0.0513. The number of aromatic amines is 1. The van der Waals surface area contributed by atoms with E-state index in [9.17, 15) is 9.59 Å². The molecule has 0 radical (unpaired) electrons. The van der Waals surface area contributed by atoms with Gasteiger partial charge in [-0.2, -0.15) is 0 Å². The van der Waals surface area contributed by atoms with Crippen LogP contribution in [0.3, 0.4) is 0 Å². The smallest absolute Gasteiger partial charge is 0.311 e. The lowest BCUT2D eigenvalue weighted by atomic mass is 10.0. The number of likely N-dealkylation sites (N-methyl/N-ethyl adjacent to an activating group) is 1. The van der Waals surface area contributed by atoms with Gasteiger partial charge in [0, 0.05) is 13.5 Å². The molecule has 8 nitrogen and oxygen atoms in total. The van der Waals surface area contributed by atoms with Crippen molar-refractivity contribution in [2.45, 2.75) is 19.4 Å². The van der Waals surface area contributed by atoms with Gasteiger partial charge in [0.15, 0.2) is 0 Å². The number of aromatic nitrogens is 3. The molecule has 1 aliphatic heterocycles. The Morgan fingerprint density at radius 3 is 2.84 bits per heavy atom. The number of ether oxygens (including phenoxy) is 1. The lowest BCUT2D eigenvalue weighted by Gasteiger charge is -2.25. The molecule has 2 rings (SSSR count). The van der Waals surface area contributed by atoms with Gasteiger partial charge < -0.3 is 14.7 Å². The minimum atomic E-state index is -0.966. The van der Waals surface area contributed by atoms with Gasteiger partial charge in [0.25, 0.3) is 5.91 Å². The summed E-state index contributed by atoms with van der Waals surface area (Å²) in [6.45, 7) is 2.22. The Kier molecular flexibility index (Phi) is 3.79. The number of amides is 1. The summed E-state index contributed by atoms with van der Waals surface area (Å²) in [6, 6.07) is -0.492. The fraction of sp³-hybridized carbons (Fsp3) is 0.636. The minimum Gasteiger partial charge on any atom is -0.481 e. The Morgan fingerprint density at radius 2 is 2.26 bits per heavy atom. The quantitative estimate of drug-likeness (QED) is 0.764. The van der Waals surface area contributed by atoms with Crippen molar-refractivity contribution in [2.75, 3.05) is 20.3 Å². The maximum Gasteiger partial charge on any atom is 0.311 e. The van der Waals surface area contributed by atoms with Crippen LogP contribution < -0.4 is 0 Å². The van der Waals surface area contributed by atoms with Crippen LogP contribution in [0.4, 0.5) is 0 Å². The molecule has 1 aliphatic rings. The summed E-state index contributed by atoms with van der Waals surface area (Å²) in [6.07, 6.45) is 0.647. The molecule has 1 saturated heterocycles. The molecule has 8 heteroatoms. The van der Waals surface area contributed by atoms with Crippen LogP contribution in [0.15, 0.2) is 0 Å². The first-order valence-electron chi connectivity index (χ1n) is 6.03. The monoisotopic (exact) mass is 268 g/mol. The summed E-state index contributed by atoms with van der Waals surface area (Å²) in [5, 5.41) is 15.6. The van der Waals surface area contributed by atoms with Crippen molar-refractivity contribution in [3.63, 3.8) is 0 Å². The summed E-state index contributed by atoms with van der Waals surface area (Å²) in [7, 11) is 1.54. The summed E-state index contributed by atoms with van der Waals surface area (Å²) in [5.41, 5.74) is 0. The molecule has 0 saturated carbocycles. The second-order valence-corrected chi connectivity index (χ2v) is 4.42. The molecule has 2 N–H and O–H groups in total. The van der Waals surface area contributed by atoms with Crippen molar-refractivity contribution in [1.82, 2.24) is 20.1 Å². The van der Waals surface area contributed by atoms with Crippen LogP contribution >= 0.6 is 0 Å². The average molecular weight is 268 g/mol. The van der Waals surface area contributed by atoms with Gasteiger partial charge in [-0.15, -0.1) is 5.10 Å². The van der Waals surface area contributed by atoms with Gasteiger partial charge in [-0.3, -0.25) is 14.7 Å². The number of carbonyl (C=O) groups is 2. The lowest BCUT2D eigenvalue weighted by molar-refractivity contribution is -0.142. The van der Waals surface area contributed by atoms with Gasteiger partial charge in [-0.1, -0.05) is 6.92 Å². The van der Waals surface area contributed by atoms with E-state index in [-0.39, 0.29) is 19.0 Å². The molecule has 104 valence electrons. The average Bonchev–Trinajstić information content (AvgIpc) is 3.05. The topological polar surface area (TPSA) is 108 Å². The van der Waals surface area contributed by atoms with Crippen LogP contribution in [0.5, 0.6) is 0 Å². The number of carbonyl (C=O) groups excluding carboxylic acids is 1. The number of carboxylic acid groups (broad SMARTS) is 1. The Bertz CT molecular complexity index is 487. The van der Waals surface area contributed by atoms with Gasteiger partial charge in [0.05, 0.1) is 19.3 Å². The Hall–Kier alpha value is -1.96. The molecule has 19 heavy (non-hydrogen) atoms. The zero-order chi connectivity index (χ0) is 14.0. The SMILES string of the molecule is CCc1nc(C(=O)N(C)C2COCC2C(=O)O)n[nH]1. The predicted octanol–water partition coefficient (Wildman–Crippen LogP) is -0.461. The maximum atomic E-state index is 12.2. The number of hydrogen-bond donors (Lipinski definition) is 2. The number of nitrogens with zero attached hydrogens (tertiary/aromatic N) is 3. The lowest BCUT2D eigenvalue weighted by Crippen LogP contribution is -2.44. The molecule has 1 fully saturated rings. The molecular formula is C11H16N4O4. The van der Waals surface area contributed by atoms with Crippen LogP contribution in [-0.4, -0.2) is 63.4 Å². The van der Waals surface area contributed by atoms with E-state index in [0.29, 0.717) is 12.2 Å². The van der Waals surface area contributed by atoms with Gasteiger partial charge >= 0.3 is 5.97 Å². The van der Waals surface area contributed by atoms with E-state index in [0.717, 1.165) is 0 Å². The molecule has 1 aromatic rings. The molecule has 0 aromatic carbocycles. The molecule has 0 spiro atoms.